The van der Waals surface area contributed by atoms with Crippen LogP contribution >= 0.6 is 0 Å². The number of aromatic amines is 1. The first-order chi connectivity index (χ1) is 14.1. The van der Waals surface area contributed by atoms with Crippen LogP contribution in [0, 0.1) is 6.92 Å². The smallest absolute Gasteiger partial charge is 0.153 e. The van der Waals surface area contributed by atoms with Gasteiger partial charge in [-0.15, -0.1) is 0 Å². The first kappa shape index (κ1) is 21.0. The van der Waals surface area contributed by atoms with E-state index in [0.29, 0.717) is 30.5 Å². The van der Waals surface area contributed by atoms with Gasteiger partial charge in [0, 0.05) is 43.7 Å². The summed E-state index contributed by atoms with van der Waals surface area (Å²) in [6.45, 7) is 2.73. The highest BCUT2D eigenvalue weighted by Gasteiger charge is 2.34. The highest BCUT2D eigenvalue weighted by molar-refractivity contribution is 6.00. The summed E-state index contributed by atoms with van der Waals surface area (Å²) in [6.07, 6.45) is -0.309. The molecule has 6 N–H and O–H groups in total. The molecule has 9 heteroatoms. The molecule has 1 aliphatic heterocycles. The minimum atomic E-state index is -0.492. The normalized spacial score (nSPS) is 18.0. The first-order valence-electron chi connectivity index (χ1n) is 9.51. The number of hydrogen-bond acceptors (Lipinski definition) is 8. The van der Waals surface area contributed by atoms with Gasteiger partial charge in [-0.2, -0.15) is 5.10 Å². The number of aliphatic imine (C=N–C) groups is 1. The van der Waals surface area contributed by atoms with Crippen LogP contribution < -0.4 is 16.8 Å². The number of ether oxygens (including phenoxy) is 2. The van der Waals surface area contributed by atoms with Gasteiger partial charge in [0.2, 0.25) is 0 Å². The fraction of sp³-hybridized carbons (Fsp3) is 0.400. The summed E-state index contributed by atoms with van der Waals surface area (Å²) in [6, 6.07) is 11.8. The van der Waals surface area contributed by atoms with Crippen LogP contribution in [0.15, 0.2) is 52.8 Å². The number of aromatic nitrogens is 2. The van der Waals surface area contributed by atoms with E-state index in [1.807, 2.05) is 48.2 Å². The van der Waals surface area contributed by atoms with Crippen molar-refractivity contribution >= 4 is 11.7 Å². The molecule has 2 atom stereocenters. The number of anilines is 1. The maximum atomic E-state index is 6.72. The number of aryl methyl sites for hydroxylation is 1. The van der Waals surface area contributed by atoms with Gasteiger partial charge in [0.1, 0.15) is 24.1 Å². The van der Waals surface area contributed by atoms with E-state index in [1.54, 1.807) is 14.2 Å². The Morgan fingerprint density at radius 3 is 2.62 bits per heavy atom. The molecule has 0 fully saturated rings. The summed E-state index contributed by atoms with van der Waals surface area (Å²) >= 11 is 0. The predicted octanol–water partition coefficient (Wildman–Crippen LogP) is 1.36. The van der Waals surface area contributed by atoms with Gasteiger partial charge in [0.15, 0.2) is 5.82 Å². The Morgan fingerprint density at radius 1 is 1.28 bits per heavy atom. The number of hydrogen-bond donors (Lipinski definition) is 4. The molecule has 3 rings (SSSR count). The van der Waals surface area contributed by atoms with E-state index in [9.17, 15) is 0 Å². The molecule has 0 spiro atoms. The quantitative estimate of drug-likeness (QED) is 0.501. The molecule has 0 radical (unpaired) electrons. The third-order valence-corrected chi connectivity index (χ3v) is 4.77. The molecule has 0 saturated carbocycles. The van der Waals surface area contributed by atoms with Gasteiger partial charge in [-0.3, -0.25) is 5.10 Å². The van der Waals surface area contributed by atoms with E-state index in [2.05, 4.69) is 15.5 Å². The minimum Gasteiger partial charge on any atom is -0.384 e. The standard InChI is InChI=1S/C20H29N7O2/c1-13-11-16(26-25-13)23-19-15(9-10-28-2)18(22)27(17(12-21)29-3)20(24-19)14-7-5-4-6-8-14/h4-8,11,17-18H,9-10,12,21-22H2,1-3H3,(H2,23,25,26). The van der Waals surface area contributed by atoms with Gasteiger partial charge >= 0.3 is 0 Å². The molecular weight excluding hydrogens is 370 g/mol. The Morgan fingerprint density at radius 2 is 2.03 bits per heavy atom. The molecule has 9 nitrogen and oxygen atoms in total. The van der Waals surface area contributed by atoms with E-state index in [0.717, 1.165) is 16.8 Å². The Hall–Kier alpha value is -2.72. The highest BCUT2D eigenvalue weighted by atomic mass is 16.5. The fourth-order valence-corrected chi connectivity index (χ4v) is 3.30. The van der Waals surface area contributed by atoms with Crippen molar-refractivity contribution < 1.29 is 9.47 Å². The van der Waals surface area contributed by atoms with Crippen molar-refractivity contribution in [2.75, 3.05) is 32.7 Å². The van der Waals surface area contributed by atoms with Crippen molar-refractivity contribution in [3.8, 4) is 0 Å². The maximum absolute atomic E-state index is 6.72. The number of nitrogens with two attached hydrogens (primary N) is 2. The topological polar surface area (TPSA) is 127 Å². The van der Waals surface area contributed by atoms with Crippen molar-refractivity contribution in [2.24, 2.45) is 16.5 Å². The predicted molar refractivity (Wildman–Crippen MR) is 113 cm³/mol. The van der Waals surface area contributed by atoms with Crippen LogP contribution in [0.25, 0.3) is 0 Å². The van der Waals surface area contributed by atoms with Crippen LogP contribution in [0.2, 0.25) is 0 Å². The minimum absolute atomic E-state index is 0.273. The molecule has 0 aliphatic carbocycles. The number of nitrogens with one attached hydrogen (secondary N) is 2. The van der Waals surface area contributed by atoms with Crippen LogP contribution in [-0.4, -0.2) is 60.7 Å². The lowest BCUT2D eigenvalue weighted by atomic mass is 10.0. The Bertz CT molecular complexity index is 859. The lowest BCUT2D eigenvalue weighted by Gasteiger charge is -2.41. The molecule has 0 amide bonds. The fourth-order valence-electron chi connectivity index (χ4n) is 3.30. The maximum Gasteiger partial charge on any atom is 0.153 e. The Balaban J connectivity index is 2.10. The molecule has 2 heterocycles. The molecule has 1 aromatic carbocycles. The van der Waals surface area contributed by atoms with Gasteiger partial charge in [0.25, 0.3) is 0 Å². The van der Waals surface area contributed by atoms with Gasteiger partial charge in [0.05, 0.1) is 6.61 Å². The lowest BCUT2D eigenvalue weighted by Crippen LogP contribution is -2.57. The summed E-state index contributed by atoms with van der Waals surface area (Å²) in [7, 11) is 3.28. The lowest BCUT2D eigenvalue weighted by molar-refractivity contribution is -0.000222. The van der Waals surface area contributed by atoms with Gasteiger partial charge in [-0.05, 0) is 13.3 Å². The van der Waals surface area contributed by atoms with Crippen LogP contribution in [0.5, 0.6) is 0 Å². The molecule has 0 bridgehead atoms. The number of benzene rings is 1. The molecule has 29 heavy (non-hydrogen) atoms. The summed E-state index contributed by atoms with van der Waals surface area (Å²) in [4.78, 5) is 6.84. The van der Waals surface area contributed by atoms with Gasteiger partial charge < -0.3 is 31.2 Å². The zero-order valence-electron chi connectivity index (χ0n) is 17.1. The van der Waals surface area contributed by atoms with E-state index >= 15 is 0 Å². The van der Waals surface area contributed by atoms with Crippen LogP contribution in [0.4, 0.5) is 5.82 Å². The van der Waals surface area contributed by atoms with E-state index in [4.69, 9.17) is 25.9 Å². The number of nitrogens with zero attached hydrogens (tertiary/aromatic N) is 3. The van der Waals surface area contributed by atoms with Crippen LogP contribution in [0.3, 0.4) is 0 Å². The number of methoxy groups -OCH3 is 2. The van der Waals surface area contributed by atoms with Crippen LogP contribution in [0.1, 0.15) is 17.7 Å². The second kappa shape index (κ2) is 9.66. The molecule has 156 valence electrons. The molecule has 0 saturated heterocycles. The largest absolute Gasteiger partial charge is 0.384 e. The van der Waals surface area contributed by atoms with E-state index in [1.165, 1.54) is 0 Å². The molecule has 1 aliphatic rings. The van der Waals surface area contributed by atoms with Crippen molar-refractivity contribution in [3.63, 3.8) is 0 Å². The second-order valence-corrected chi connectivity index (χ2v) is 6.76. The third kappa shape index (κ3) is 4.65. The summed E-state index contributed by atoms with van der Waals surface area (Å²) in [5, 5.41) is 10.5. The Kier molecular flexibility index (Phi) is 6.99. The van der Waals surface area contributed by atoms with Crippen molar-refractivity contribution in [1.82, 2.24) is 15.1 Å². The van der Waals surface area contributed by atoms with Crippen molar-refractivity contribution in [1.29, 1.82) is 0 Å². The summed E-state index contributed by atoms with van der Waals surface area (Å²) < 4.78 is 10.9. The number of H-pyrrole nitrogens is 1. The zero-order chi connectivity index (χ0) is 20.8. The van der Waals surface area contributed by atoms with Crippen molar-refractivity contribution in [3.05, 3.63) is 59.0 Å². The summed E-state index contributed by atoms with van der Waals surface area (Å²) in [5.74, 6) is 2.01. The van der Waals surface area contributed by atoms with Gasteiger partial charge in [-0.1, -0.05) is 30.3 Å². The first-order valence-corrected chi connectivity index (χ1v) is 9.51. The second-order valence-electron chi connectivity index (χ2n) is 6.76. The summed E-state index contributed by atoms with van der Waals surface area (Å²) in [5.41, 5.74) is 15.5. The zero-order valence-corrected chi connectivity index (χ0v) is 17.1. The average Bonchev–Trinajstić information content (AvgIpc) is 3.15. The molecule has 2 aromatic rings. The third-order valence-electron chi connectivity index (χ3n) is 4.77. The SMILES string of the molecule is COCCC1=C(Nc2cc(C)[nH]n2)N=C(c2ccccc2)N(C(CN)OC)C1N. The average molecular weight is 399 g/mol. The monoisotopic (exact) mass is 399 g/mol. The van der Waals surface area contributed by atoms with E-state index in [-0.39, 0.29) is 6.54 Å². The molecule has 2 unspecified atom stereocenters. The number of amidine groups is 1. The van der Waals surface area contributed by atoms with Crippen molar-refractivity contribution in [2.45, 2.75) is 25.7 Å². The van der Waals surface area contributed by atoms with Crippen LogP contribution in [-0.2, 0) is 9.47 Å². The number of rotatable bonds is 9. The highest BCUT2D eigenvalue weighted by Crippen LogP contribution is 2.28. The van der Waals surface area contributed by atoms with Gasteiger partial charge in [-0.25, -0.2) is 4.99 Å². The van der Waals surface area contributed by atoms with E-state index < -0.39 is 12.4 Å². The molecular formula is C20H29N7O2. The molecule has 1 aromatic heterocycles. The Labute approximate surface area is 170 Å².